The van der Waals surface area contributed by atoms with E-state index < -0.39 is 34.2 Å². The van der Waals surface area contributed by atoms with Gasteiger partial charge in [0.1, 0.15) is 6.10 Å². The molecule has 0 saturated carbocycles. The molecule has 3 N–H and O–H groups in total. The van der Waals surface area contributed by atoms with Gasteiger partial charge >= 0.3 is 0 Å². The highest BCUT2D eigenvalue weighted by molar-refractivity contribution is 7.89. The number of aliphatic hydroxyl groups is 2. The van der Waals surface area contributed by atoms with Crippen molar-refractivity contribution < 1.29 is 23.4 Å². The third-order valence-electron chi connectivity index (χ3n) is 6.33. The third-order valence-corrected chi connectivity index (χ3v) is 8.99. The number of sulfonamides is 1. The van der Waals surface area contributed by atoms with E-state index in [1.807, 2.05) is 37.3 Å². The van der Waals surface area contributed by atoms with Crippen molar-refractivity contribution in [3.05, 3.63) is 59.6 Å². The van der Waals surface area contributed by atoms with Gasteiger partial charge in [0.25, 0.3) is 0 Å². The molecule has 202 valence electrons. The molecule has 0 radical (unpaired) electrons. The van der Waals surface area contributed by atoms with Gasteiger partial charge in [-0.3, -0.25) is 4.79 Å². The molecule has 3 aromatic rings. The number of hydrogen-bond acceptors (Lipinski definition) is 7. The van der Waals surface area contributed by atoms with Crippen LogP contribution in [0.1, 0.15) is 45.6 Å². The van der Waals surface area contributed by atoms with E-state index in [1.54, 1.807) is 37.6 Å². The number of amides is 1. The summed E-state index contributed by atoms with van der Waals surface area (Å²) >= 11 is 1.37. The Morgan fingerprint density at radius 1 is 1.11 bits per heavy atom. The van der Waals surface area contributed by atoms with Crippen molar-refractivity contribution in [1.29, 1.82) is 0 Å². The molecule has 0 aliphatic carbocycles. The monoisotopic (exact) mass is 547 g/mol. The van der Waals surface area contributed by atoms with Crippen LogP contribution < -0.4 is 5.32 Å². The molecule has 0 spiro atoms. The minimum absolute atomic E-state index is 0.145. The van der Waals surface area contributed by atoms with Crippen LogP contribution in [-0.2, 0) is 21.2 Å². The lowest BCUT2D eigenvalue weighted by molar-refractivity contribution is -0.133. The topological polar surface area (TPSA) is 120 Å². The fourth-order valence-corrected chi connectivity index (χ4v) is 6.37. The number of thiazole rings is 1. The van der Waals surface area contributed by atoms with Crippen LogP contribution in [0.2, 0.25) is 0 Å². The summed E-state index contributed by atoms with van der Waals surface area (Å²) in [6, 6.07) is 13.4. The van der Waals surface area contributed by atoms with Gasteiger partial charge < -0.3 is 15.5 Å². The van der Waals surface area contributed by atoms with Crippen molar-refractivity contribution in [2.75, 3.05) is 13.1 Å². The number of benzene rings is 2. The summed E-state index contributed by atoms with van der Waals surface area (Å²) in [5, 5.41) is 24.3. The SMILES string of the molecule is CCCCCN(C[C@@H](O)[C@H](Cc1ccccc1)NC(=O)C(O)C(C)C)S(=O)(=O)c1ccc2ncsc2c1. The highest BCUT2D eigenvalue weighted by Crippen LogP contribution is 2.25. The van der Waals surface area contributed by atoms with Crippen molar-refractivity contribution in [2.45, 2.75) is 69.6 Å². The van der Waals surface area contributed by atoms with E-state index in [1.165, 1.54) is 15.6 Å². The fourth-order valence-electron chi connectivity index (χ4n) is 4.05. The van der Waals surface area contributed by atoms with Crippen LogP contribution >= 0.6 is 11.3 Å². The normalized spacial score (nSPS) is 14.7. The van der Waals surface area contributed by atoms with Crippen LogP contribution in [0.25, 0.3) is 10.2 Å². The third kappa shape index (κ3) is 7.81. The number of unbranched alkanes of at least 4 members (excludes halogenated alkanes) is 2. The first kappa shape index (κ1) is 29.2. The predicted molar refractivity (Wildman–Crippen MR) is 147 cm³/mol. The van der Waals surface area contributed by atoms with E-state index in [-0.39, 0.29) is 30.3 Å². The van der Waals surface area contributed by atoms with Gasteiger partial charge in [-0.25, -0.2) is 13.4 Å². The first-order valence-electron chi connectivity index (χ1n) is 12.7. The Bertz CT molecular complexity index is 1250. The zero-order valence-corrected chi connectivity index (χ0v) is 23.2. The van der Waals surface area contributed by atoms with Crippen LogP contribution in [0, 0.1) is 5.92 Å². The number of aromatic nitrogens is 1. The average Bonchev–Trinajstić information content (AvgIpc) is 3.35. The summed E-state index contributed by atoms with van der Waals surface area (Å²) in [5.74, 6) is -0.895. The van der Waals surface area contributed by atoms with Gasteiger partial charge in [0.05, 0.1) is 32.8 Å². The van der Waals surface area contributed by atoms with E-state index in [4.69, 9.17) is 0 Å². The standard InChI is InChI=1S/C27H37N3O5S2/c1-4-5-9-14-30(37(34,35)21-12-13-22-25(16-21)36-18-28-22)17-24(31)23(15-20-10-7-6-8-11-20)29-27(33)26(32)19(2)3/h6-8,10-13,16,18-19,23-24,26,31-32H,4-5,9,14-15,17H2,1-3H3,(H,29,33)/t23-,24+,26?/m0/s1. The summed E-state index contributed by atoms with van der Waals surface area (Å²) in [4.78, 5) is 17.1. The van der Waals surface area contributed by atoms with Gasteiger partial charge in [0, 0.05) is 13.1 Å². The smallest absolute Gasteiger partial charge is 0.249 e. The predicted octanol–water partition coefficient (Wildman–Crippen LogP) is 3.58. The lowest BCUT2D eigenvalue weighted by atomic mass is 9.99. The number of nitrogens with zero attached hydrogens (tertiary/aromatic N) is 2. The van der Waals surface area contributed by atoms with E-state index >= 15 is 0 Å². The molecular weight excluding hydrogens is 510 g/mol. The first-order chi connectivity index (χ1) is 17.6. The molecule has 3 atom stereocenters. The quantitative estimate of drug-likeness (QED) is 0.266. The Balaban J connectivity index is 1.88. The Labute approximate surface area is 223 Å². The average molecular weight is 548 g/mol. The highest BCUT2D eigenvalue weighted by atomic mass is 32.2. The summed E-state index contributed by atoms with van der Waals surface area (Å²) in [5.41, 5.74) is 3.28. The fraction of sp³-hybridized carbons (Fsp3) is 0.481. The largest absolute Gasteiger partial charge is 0.390 e. The molecule has 1 aromatic heterocycles. The van der Waals surface area contributed by atoms with Crippen molar-refractivity contribution >= 4 is 37.5 Å². The van der Waals surface area contributed by atoms with E-state index in [2.05, 4.69) is 10.3 Å². The minimum atomic E-state index is -3.92. The maximum Gasteiger partial charge on any atom is 0.249 e. The van der Waals surface area contributed by atoms with Crippen LogP contribution in [0.4, 0.5) is 0 Å². The molecule has 3 rings (SSSR count). The molecule has 10 heteroatoms. The Hall–Kier alpha value is -2.37. The Morgan fingerprint density at radius 3 is 2.51 bits per heavy atom. The number of hydrogen-bond donors (Lipinski definition) is 3. The number of carbonyl (C=O) groups is 1. The lowest BCUT2D eigenvalue weighted by Crippen LogP contribution is -2.53. The molecule has 1 heterocycles. The zero-order valence-electron chi connectivity index (χ0n) is 21.6. The molecule has 0 bridgehead atoms. The second-order valence-corrected chi connectivity index (χ2v) is 12.4. The van der Waals surface area contributed by atoms with Gasteiger partial charge in [0.15, 0.2) is 0 Å². The molecule has 1 amide bonds. The Kier molecular flexibility index (Phi) is 10.6. The lowest BCUT2D eigenvalue weighted by Gasteiger charge is -2.30. The number of aliphatic hydroxyl groups excluding tert-OH is 2. The molecule has 2 aromatic carbocycles. The molecule has 0 fully saturated rings. The second kappa shape index (κ2) is 13.4. The minimum Gasteiger partial charge on any atom is -0.390 e. The Morgan fingerprint density at radius 2 is 1.84 bits per heavy atom. The number of carbonyl (C=O) groups excluding carboxylic acids is 1. The van der Waals surface area contributed by atoms with Gasteiger partial charge in [0.2, 0.25) is 15.9 Å². The molecule has 0 aliphatic rings. The summed E-state index contributed by atoms with van der Waals surface area (Å²) < 4.78 is 29.5. The van der Waals surface area contributed by atoms with Gasteiger partial charge in [-0.15, -0.1) is 11.3 Å². The molecular formula is C27H37N3O5S2. The molecule has 0 saturated heterocycles. The molecule has 8 nitrogen and oxygen atoms in total. The van der Waals surface area contributed by atoms with Gasteiger partial charge in [-0.1, -0.05) is 63.9 Å². The van der Waals surface area contributed by atoms with Crippen LogP contribution in [0.15, 0.2) is 58.9 Å². The first-order valence-corrected chi connectivity index (χ1v) is 15.0. The van der Waals surface area contributed by atoms with Gasteiger partial charge in [-0.05, 0) is 42.5 Å². The van der Waals surface area contributed by atoms with E-state index in [9.17, 15) is 23.4 Å². The van der Waals surface area contributed by atoms with Gasteiger partial charge in [-0.2, -0.15) is 4.31 Å². The van der Waals surface area contributed by atoms with Crippen molar-refractivity contribution in [3.8, 4) is 0 Å². The maximum absolute atomic E-state index is 13.7. The van der Waals surface area contributed by atoms with Crippen LogP contribution in [0.3, 0.4) is 0 Å². The highest BCUT2D eigenvalue weighted by Gasteiger charge is 2.32. The number of rotatable bonds is 14. The zero-order chi connectivity index (χ0) is 27.0. The number of fused-ring (bicyclic) bond motifs is 1. The van der Waals surface area contributed by atoms with E-state index in [0.29, 0.717) is 6.42 Å². The van der Waals surface area contributed by atoms with Crippen molar-refractivity contribution in [1.82, 2.24) is 14.6 Å². The summed E-state index contributed by atoms with van der Waals surface area (Å²) in [7, 11) is -3.92. The van der Waals surface area contributed by atoms with Crippen molar-refractivity contribution in [2.24, 2.45) is 5.92 Å². The molecule has 0 aliphatic heterocycles. The summed E-state index contributed by atoms with van der Waals surface area (Å²) in [6.45, 7) is 5.55. The van der Waals surface area contributed by atoms with E-state index in [0.717, 1.165) is 28.6 Å². The second-order valence-electron chi connectivity index (χ2n) is 9.61. The number of nitrogens with one attached hydrogen (secondary N) is 1. The molecule has 1 unspecified atom stereocenters. The summed E-state index contributed by atoms with van der Waals surface area (Å²) in [6.07, 6.45) is 0.262. The maximum atomic E-state index is 13.7. The van der Waals surface area contributed by atoms with Crippen molar-refractivity contribution in [3.63, 3.8) is 0 Å². The van der Waals surface area contributed by atoms with Crippen LogP contribution in [-0.4, -0.2) is 65.2 Å². The van der Waals surface area contributed by atoms with Crippen LogP contribution in [0.5, 0.6) is 0 Å². The molecule has 37 heavy (non-hydrogen) atoms.